The van der Waals surface area contributed by atoms with Gasteiger partial charge in [0.25, 0.3) is 0 Å². The van der Waals surface area contributed by atoms with Crippen LogP contribution in [0.15, 0.2) is 18.2 Å². The van der Waals surface area contributed by atoms with Gasteiger partial charge in [-0.05, 0) is 31.4 Å². The predicted molar refractivity (Wildman–Crippen MR) is 56.6 cm³/mol. The Balaban J connectivity index is 0.00000121. The van der Waals surface area contributed by atoms with E-state index < -0.39 is 0 Å². The maximum absolute atomic E-state index is 2.29. The van der Waals surface area contributed by atoms with E-state index in [1.54, 1.807) is 0 Å². The van der Waals surface area contributed by atoms with Crippen LogP contribution in [0.4, 0.5) is 0 Å². The van der Waals surface area contributed by atoms with Crippen LogP contribution in [-0.2, 0) is 6.42 Å². The van der Waals surface area contributed by atoms with E-state index >= 15 is 0 Å². The molecule has 68 valence electrons. The van der Waals surface area contributed by atoms with E-state index in [0.29, 0.717) is 0 Å². The Hall–Kier alpha value is -0.780. The summed E-state index contributed by atoms with van der Waals surface area (Å²) >= 11 is 0. The summed E-state index contributed by atoms with van der Waals surface area (Å²) < 4.78 is 0. The molecule has 0 radical (unpaired) electrons. The predicted octanol–water partition coefficient (Wildman–Crippen LogP) is 3.89. The fraction of sp³-hybridized carbons (Fsp3) is 0.500. The zero-order chi connectivity index (χ0) is 8.27. The molecule has 0 bridgehead atoms. The van der Waals surface area contributed by atoms with E-state index in [2.05, 4.69) is 39.0 Å². The second-order valence-electron chi connectivity index (χ2n) is 3.18. The molecule has 12 heavy (non-hydrogen) atoms. The van der Waals surface area contributed by atoms with Crippen LogP contribution < -0.4 is 0 Å². The molecule has 0 aliphatic rings. The Morgan fingerprint density at radius 1 is 1.17 bits per heavy atom. The Kier molecular flexibility index (Phi) is 4.65. The second-order valence-corrected chi connectivity index (χ2v) is 3.18. The number of rotatable bonds is 2. The molecule has 0 saturated carbocycles. The van der Waals surface area contributed by atoms with Crippen molar-refractivity contribution >= 4 is 0 Å². The van der Waals surface area contributed by atoms with Crippen molar-refractivity contribution in [3.63, 3.8) is 0 Å². The Morgan fingerprint density at radius 3 is 2.42 bits per heavy atom. The molecule has 0 heterocycles. The van der Waals surface area contributed by atoms with Crippen molar-refractivity contribution < 1.29 is 0 Å². The maximum atomic E-state index is 2.29. The van der Waals surface area contributed by atoms with Gasteiger partial charge in [0.05, 0.1) is 0 Å². The fourth-order valence-corrected chi connectivity index (χ4v) is 1.34. The highest BCUT2D eigenvalue weighted by Crippen LogP contribution is 2.11. The van der Waals surface area contributed by atoms with Gasteiger partial charge in [-0.2, -0.15) is 0 Å². The topological polar surface area (TPSA) is 0 Å². The normalized spacial score (nSPS) is 9.25. The lowest BCUT2D eigenvalue weighted by atomic mass is 10.0. The zero-order valence-corrected chi connectivity index (χ0v) is 7.65. The lowest BCUT2D eigenvalue weighted by Crippen LogP contribution is -1.88. The Morgan fingerprint density at radius 2 is 1.83 bits per heavy atom. The van der Waals surface area contributed by atoms with Crippen molar-refractivity contribution in [2.75, 3.05) is 0 Å². The van der Waals surface area contributed by atoms with Crippen LogP contribution in [0.25, 0.3) is 0 Å². The Bertz CT molecular complexity index is 236. The highest BCUT2D eigenvalue weighted by atomic mass is 14.0. The first-order chi connectivity index (χ1) is 5.24. The Labute approximate surface area is 76.6 Å². The van der Waals surface area contributed by atoms with E-state index in [0.717, 1.165) is 0 Å². The fourth-order valence-electron chi connectivity index (χ4n) is 1.34. The minimum atomic E-state index is 0. The summed E-state index contributed by atoms with van der Waals surface area (Å²) in [7, 11) is 0. The van der Waals surface area contributed by atoms with Crippen molar-refractivity contribution in [2.45, 2.75) is 41.0 Å². The standard InChI is InChI=1S/C11H16.CH4/c1-4-5-11-8-9(2)6-7-10(11)3;/h6-8H,4-5H2,1-3H3;1H4. The van der Waals surface area contributed by atoms with Gasteiger partial charge in [0, 0.05) is 0 Å². The molecule has 1 aromatic carbocycles. The number of hydrogen-bond donors (Lipinski definition) is 0. The highest BCUT2D eigenvalue weighted by Gasteiger charge is 1.95. The summed E-state index contributed by atoms with van der Waals surface area (Å²) in [5.74, 6) is 0. The minimum absolute atomic E-state index is 0. The highest BCUT2D eigenvalue weighted by molar-refractivity contribution is 5.30. The molecule has 1 rings (SSSR count). The molecule has 0 spiro atoms. The van der Waals surface area contributed by atoms with E-state index in [9.17, 15) is 0 Å². The van der Waals surface area contributed by atoms with Gasteiger partial charge in [0.15, 0.2) is 0 Å². The molecule has 0 saturated heterocycles. The molecular formula is C12H20. The molecule has 1 aromatic rings. The van der Waals surface area contributed by atoms with Crippen LogP contribution in [0, 0.1) is 13.8 Å². The average Bonchev–Trinajstić information content (AvgIpc) is 1.98. The van der Waals surface area contributed by atoms with E-state index in [1.807, 2.05) is 0 Å². The molecule has 0 aliphatic carbocycles. The lowest BCUT2D eigenvalue weighted by Gasteiger charge is -2.04. The first-order valence-electron chi connectivity index (χ1n) is 4.30. The van der Waals surface area contributed by atoms with Crippen LogP contribution in [0.1, 0.15) is 37.5 Å². The minimum Gasteiger partial charge on any atom is -0.0776 e. The van der Waals surface area contributed by atoms with E-state index in [4.69, 9.17) is 0 Å². The van der Waals surface area contributed by atoms with Gasteiger partial charge in [0.1, 0.15) is 0 Å². The largest absolute Gasteiger partial charge is 0.0776 e. The SMILES string of the molecule is C.CCCc1cc(C)ccc1C. The number of aryl methyl sites for hydroxylation is 3. The third-order valence-corrected chi connectivity index (χ3v) is 2.02. The smallest absolute Gasteiger partial charge is 0.0279 e. The summed E-state index contributed by atoms with van der Waals surface area (Å²) in [6.45, 7) is 6.56. The molecule has 0 nitrogen and oxygen atoms in total. The van der Waals surface area contributed by atoms with Gasteiger partial charge in [-0.1, -0.05) is 44.5 Å². The lowest BCUT2D eigenvalue weighted by molar-refractivity contribution is 0.911. The van der Waals surface area contributed by atoms with Crippen molar-refractivity contribution in [3.05, 3.63) is 34.9 Å². The second kappa shape index (κ2) is 4.97. The van der Waals surface area contributed by atoms with Crippen molar-refractivity contribution in [3.8, 4) is 0 Å². The molecule has 0 aromatic heterocycles. The van der Waals surface area contributed by atoms with Gasteiger partial charge in [-0.25, -0.2) is 0 Å². The quantitative estimate of drug-likeness (QED) is 0.622. The van der Waals surface area contributed by atoms with Gasteiger partial charge >= 0.3 is 0 Å². The molecular weight excluding hydrogens is 144 g/mol. The molecule has 0 fully saturated rings. The summed E-state index contributed by atoms with van der Waals surface area (Å²) in [5.41, 5.74) is 4.31. The third-order valence-electron chi connectivity index (χ3n) is 2.02. The molecule has 0 N–H and O–H groups in total. The molecule has 0 unspecified atom stereocenters. The summed E-state index contributed by atoms with van der Waals surface area (Å²) in [4.78, 5) is 0. The average molecular weight is 164 g/mol. The van der Waals surface area contributed by atoms with Gasteiger partial charge in [0.2, 0.25) is 0 Å². The van der Waals surface area contributed by atoms with E-state index in [-0.39, 0.29) is 7.43 Å². The number of hydrogen-bond acceptors (Lipinski definition) is 0. The summed E-state index contributed by atoms with van der Waals surface area (Å²) in [6.07, 6.45) is 2.46. The van der Waals surface area contributed by atoms with Crippen LogP contribution in [-0.4, -0.2) is 0 Å². The maximum Gasteiger partial charge on any atom is -0.0279 e. The van der Waals surface area contributed by atoms with Crippen molar-refractivity contribution in [2.24, 2.45) is 0 Å². The zero-order valence-electron chi connectivity index (χ0n) is 7.65. The first-order valence-corrected chi connectivity index (χ1v) is 4.30. The monoisotopic (exact) mass is 164 g/mol. The third kappa shape index (κ3) is 2.69. The van der Waals surface area contributed by atoms with Crippen LogP contribution >= 0.6 is 0 Å². The van der Waals surface area contributed by atoms with Crippen LogP contribution in [0.2, 0.25) is 0 Å². The molecule has 0 amide bonds. The van der Waals surface area contributed by atoms with Crippen LogP contribution in [0.5, 0.6) is 0 Å². The summed E-state index contributed by atoms with van der Waals surface area (Å²) in [5, 5.41) is 0. The number of benzene rings is 1. The van der Waals surface area contributed by atoms with Crippen molar-refractivity contribution in [1.29, 1.82) is 0 Å². The first kappa shape index (κ1) is 11.2. The molecule has 0 atom stereocenters. The van der Waals surface area contributed by atoms with Gasteiger partial charge in [-0.3, -0.25) is 0 Å². The van der Waals surface area contributed by atoms with Gasteiger partial charge in [-0.15, -0.1) is 0 Å². The van der Waals surface area contributed by atoms with E-state index in [1.165, 1.54) is 29.5 Å². The molecule has 0 aliphatic heterocycles. The van der Waals surface area contributed by atoms with Crippen molar-refractivity contribution in [1.82, 2.24) is 0 Å². The molecule has 0 heteroatoms. The van der Waals surface area contributed by atoms with Crippen LogP contribution in [0.3, 0.4) is 0 Å². The summed E-state index contributed by atoms with van der Waals surface area (Å²) in [6, 6.07) is 6.67. The van der Waals surface area contributed by atoms with Gasteiger partial charge < -0.3 is 0 Å².